The summed E-state index contributed by atoms with van der Waals surface area (Å²) in [5.74, 6) is -0.441. The van der Waals surface area contributed by atoms with Crippen LogP contribution in [-0.4, -0.2) is 10.9 Å². The molecule has 0 radical (unpaired) electrons. The van der Waals surface area contributed by atoms with Crippen molar-refractivity contribution in [2.75, 3.05) is 4.90 Å². The van der Waals surface area contributed by atoms with Crippen molar-refractivity contribution in [3.63, 3.8) is 0 Å². The smallest absolute Gasteiger partial charge is 0.229 e. The minimum absolute atomic E-state index is 0.000427. The molecule has 104 valence electrons. The number of rotatable bonds is 4. The maximum atomic E-state index is 13.0. The van der Waals surface area contributed by atoms with Crippen molar-refractivity contribution in [1.29, 1.82) is 0 Å². The molecule has 0 aliphatic heterocycles. The van der Waals surface area contributed by atoms with Gasteiger partial charge in [0.15, 0.2) is 0 Å². The largest absolute Gasteiger partial charge is 0.308 e. The van der Waals surface area contributed by atoms with Crippen LogP contribution in [0.3, 0.4) is 0 Å². The van der Waals surface area contributed by atoms with E-state index in [-0.39, 0.29) is 17.6 Å². The molecule has 2 aromatic rings. The second-order valence-electron chi connectivity index (χ2n) is 4.92. The van der Waals surface area contributed by atoms with Crippen LogP contribution in [0.4, 0.5) is 10.1 Å². The summed E-state index contributed by atoms with van der Waals surface area (Å²) in [5, 5.41) is 0. The summed E-state index contributed by atoms with van der Waals surface area (Å²) < 4.78 is 13.0. The number of anilines is 1. The fraction of sp³-hybridized carbons (Fsp3) is 0.250. The van der Waals surface area contributed by atoms with Gasteiger partial charge >= 0.3 is 0 Å². The molecule has 1 aromatic carbocycles. The van der Waals surface area contributed by atoms with Crippen molar-refractivity contribution in [3.8, 4) is 0 Å². The van der Waals surface area contributed by atoms with Crippen LogP contribution in [-0.2, 0) is 11.3 Å². The quantitative estimate of drug-likeness (QED) is 0.854. The second kappa shape index (κ2) is 6.28. The highest BCUT2D eigenvalue weighted by Crippen LogP contribution is 2.20. The first-order chi connectivity index (χ1) is 9.58. The van der Waals surface area contributed by atoms with Crippen LogP contribution in [0.1, 0.15) is 19.4 Å². The zero-order valence-electron chi connectivity index (χ0n) is 11.6. The molecule has 2 rings (SSSR count). The number of aromatic nitrogens is 1. The Hall–Kier alpha value is -2.23. The van der Waals surface area contributed by atoms with Gasteiger partial charge in [-0.1, -0.05) is 19.9 Å². The third-order valence-electron chi connectivity index (χ3n) is 2.96. The maximum absolute atomic E-state index is 13.0. The summed E-state index contributed by atoms with van der Waals surface area (Å²) in [6, 6.07) is 9.70. The summed E-state index contributed by atoms with van der Waals surface area (Å²) in [4.78, 5) is 18.1. The highest BCUT2D eigenvalue weighted by Gasteiger charge is 2.19. The van der Waals surface area contributed by atoms with Gasteiger partial charge in [0.25, 0.3) is 0 Å². The van der Waals surface area contributed by atoms with E-state index in [0.29, 0.717) is 12.2 Å². The van der Waals surface area contributed by atoms with Crippen molar-refractivity contribution in [2.24, 2.45) is 5.92 Å². The lowest BCUT2D eigenvalue weighted by atomic mass is 10.1. The molecule has 0 aliphatic rings. The van der Waals surface area contributed by atoms with Crippen molar-refractivity contribution < 1.29 is 9.18 Å². The van der Waals surface area contributed by atoms with Crippen molar-refractivity contribution >= 4 is 11.6 Å². The number of pyridine rings is 1. The molecule has 1 heterocycles. The van der Waals surface area contributed by atoms with Gasteiger partial charge in [-0.2, -0.15) is 0 Å². The number of amides is 1. The van der Waals surface area contributed by atoms with E-state index < -0.39 is 0 Å². The summed E-state index contributed by atoms with van der Waals surface area (Å²) in [7, 11) is 0. The molecule has 20 heavy (non-hydrogen) atoms. The van der Waals surface area contributed by atoms with Gasteiger partial charge in [0.1, 0.15) is 5.82 Å². The lowest BCUT2D eigenvalue weighted by Crippen LogP contribution is -2.33. The highest BCUT2D eigenvalue weighted by atomic mass is 19.1. The topological polar surface area (TPSA) is 33.2 Å². The minimum Gasteiger partial charge on any atom is -0.308 e. The fourth-order valence-corrected chi connectivity index (χ4v) is 1.90. The number of benzene rings is 1. The Kier molecular flexibility index (Phi) is 4.45. The molecule has 0 fully saturated rings. The molecular formula is C16H17FN2O. The van der Waals surface area contributed by atoms with Crippen LogP contribution in [0, 0.1) is 11.7 Å². The van der Waals surface area contributed by atoms with E-state index in [4.69, 9.17) is 0 Å². The SMILES string of the molecule is CC(C)C(=O)N(Cc1cccnc1)c1ccc(F)cc1. The van der Waals surface area contributed by atoms with Gasteiger partial charge in [-0.25, -0.2) is 4.39 Å². The van der Waals surface area contributed by atoms with E-state index in [1.54, 1.807) is 29.4 Å². The number of nitrogens with zero attached hydrogens (tertiary/aromatic N) is 2. The van der Waals surface area contributed by atoms with Crippen LogP contribution in [0.5, 0.6) is 0 Å². The molecule has 0 N–H and O–H groups in total. The number of hydrogen-bond acceptors (Lipinski definition) is 2. The Bertz CT molecular complexity index is 567. The normalized spacial score (nSPS) is 10.6. The van der Waals surface area contributed by atoms with E-state index in [9.17, 15) is 9.18 Å². The molecule has 0 saturated carbocycles. The average molecular weight is 272 g/mol. The lowest BCUT2D eigenvalue weighted by Gasteiger charge is -2.24. The van der Waals surface area contributed by atoms with Crippen LogP contribution in [0.25, 0.3) is 0 Å². The Morgan fingerprint density at radius 2 is 1.95 bits per heavy atom. The Balaban J connectivity index is 2.30. The first-order valence-electron chi connectivity index (χ1n) is 6.54. The molecule has 4 heteroatoms. The van der Waals surface area contributed by atoms with Gasteiger partial charge in [0.05, 0.1) is 6.54 Å². The van der Waals surface area contributed by atoms with Gasteiger partial charge in [-0.05, 0) is 35.9 Å². The first kappa shape index (κ1) is 14.2. The standard InChI is InChI=1S/C16H17FN2O/c1-12(2)16(20)19(11-13-4-3-9-18-10-13)15-7-5-14(17)6-8-15/h3-10,12H,11H2,1-2H3. The highest BCUT2D eigenvalue weighted by molar-refractivity contribution is 5.94. The molecule has 0 unspecified atom stereocenters. The number of hydrogen-bond donors (Lipinski definition) is 0. The number of carbonyl (C=O) groups is 1. The third-order valence-corrected chi connectivity index (χ3v) is 2.96. The third kappa shape index (κ3) is 3.41. The fourth-order valence-electron chi connectivity index (χ4n) is 1.90. The Labute approximate surface area is 118 Å². The molecule has 0 atom stereocenters. The predicted molar refractivity (Wildman–Crippen MR) is 76.7 cm³/mol. The molecule has 0 aliphatic carbocycles. The molecule has 0 saturated heterocycles. The van der Waals surface area contributed by atoms with Crippen molar-refractivity contribution in [3.05, 3.63) is 60.2 Å². The van der Waals surface area contributed by atoms with Gasteiger partial charge in [0.2, 0.25) is 5.91 Å². The number of carbonyl (C=O) groups excluding carboxylic acids is 1. The first-order valence-corrected chi connectivity index (χ1v) is 6.54. The molecule has 0 bridgehead atoms. The molecule has 1 amide bonds. The predicted octanol–water partition coefficient (Wildman–Crippen LogP) is 3.41. The summed E-state index contributed by atoms with van der Waals surface area (Å²) in [5.41, 5.74) is 1.62. The van der Waals surface area contributed by atoms with E-state index >= 15 is 0 Å². The van der Waals surface area contributed by atoms with E-state index in [1.807, 2.05) is 26.0 Å². The van der Waals surface area contributed by atoms with Crippen LogP contribution in [0.15, 0.2) is 48.8 Å². The van der Waals surface area contributed by atoms with E-state index in [0.717, 1.165) is 5.56 Å². The summed E-state index contributed by atoms with van der Waals surface area (Å²) >= 11 is 0. The van der Waals surface area contributed by atoms with E-state index in [2.05, 4.69) is 4.98 Å². The maximum Gasteiger partial charge on any atom is 0.229 e. The summed E-state index contributed by atoms with van der Waals surface area (Å²) in [6.45, 7) is 4.13. The van der Waals surface area contributed by atoms with Crippen LogP contribution < -0.4 is 4.90 Å². The second-order valence-corrected chi connectivity index (χ2v) is 4.92. The lowest BCUT2D eigenvalue weighted by molar-refractivity contribution is -0.121. The van der Waals surface area contributed by atoms with Crippen LogP contribution in [0.2, 0.25) is 0 Å². The monoisotopic (exact) mass is 272 g/mol. The van der Waals surface area contributed by atoms with Gasteiger partial charge in [0, 0.05) is 24.0 Å². The van der Waals surface area contributed by atoms with Crippen molar-refractivity contribution in [1.82, 2.24) is 4.98 Å². The molecule has 0 spiro atoms. The molecular weight excluding hydrogens is 255 g/mol. The molecule has 1 aromatic heterocycles. The van der Waals surface area contributed by atoms with Gasteiger partial charge < -0.3 is 4.90 Å². The van der Waals surface area contributed by atoms with Crippen LogP contribution >= 0.6 is 0 Å². The number of halogens is 1. The Morgan fingerprint density at radius 3 is 2.50 bits per heavy atom. The van der Waals surface area contributed by atoms with Gasteiger partial charge in [-0.3, -0.25) is 9.78 Å². The van der Waals surface area contributed by atoms with Gasteiger partial charge in [-0.15, -0.1) is 0 Å². The average Bonchev–Trinajstić information content (AvgIpc) is 2.46. The minimum atomic E-state index is -0.313. The zero-order valence-corrected chi connectivity index (χ0v) is 11.6. The van der Waals surface area contributed by atoms with E-state index in [1.165, 1.54) is 12.1 Å². The zero-order chi connectivity index (χ0) is 14.5. The van der Waals surface area contributed by atoms with Crippen molar-refractivity contribution in [2.45, 2.75) is 20.4 Å². The molecule has 3 nitrogen and oxygen atoms in total. The summed E-state index contributed by atoms with van der Waals surface area (Å²) in [6.07, 6.45) is 3.42. The Morgan fingerprint density at radius 1 is 1.25 bits per heavy atom.